The van der Waals surface area contributed by atoms with Gasteiger partial charge in [-0.25, -0.2) is 4.98 Å². The van der Waals surface area contributed by atoms with E-state index in [0.717, 1.165) is 5.56 Å². The lowest BCUT2D eigenvalue weighted by Gasteiger charge is -2.09. The normalized spacial score (nSPS) is 10.2. The quantitative estimate of drug-likeness (QED) is 0.778. The summed E-state index contributed by atoms with van der Waals surface area (Å²) in [6.07, 6.45) is 1.68. The van der Waals surface area contributed by atoms with Gasteiger partial charge in [-0.3, -0.25) is 4.98 Å². The van der Waals surface area contributed by atoms with Crippen molar-refractivity contribution in [2.75, 3.05) is 5.73 Å². The lowest BCUT2D eigenvalue weighted by Crippen LogP contribution is -2.00. The van der Waals surface area contributed by atoms with Crippen LogP contribution in [0.2, 0.25) is 5.02 Å². The number of benzene rings is 1. The van der Waals surface area contributed by atoms with Gasteiger partial charge in [-0.2, -0.15) is 5.26 Å². The Morgan fingerprint density at radius 2 is 1.82 bits per heavy atom. The average Bonchev–Trinajstić information content (AvgIpc) is 2.55. The topological polar surface area (TPSA) is 75.6 Å². The monoisotopic (exact) mass is 306 g/mol. The zero-order chi connectivity index (χ0) is 15.5. The maximum absolute atomic E-state index is 9.34. The molecule has 0 aliphatic carbocycles. The fourth-order valence-corrected chi connectivity index (χ4v) is 2.30. The van der Waals surface area contributed by atoms with Gasteiger partial charge < -0.3 is 5.73 Å². The summed E-state index contributed by atoms with van der Waals surface area (Å²) in [4.78, 5) is 8.61. The number of rotatable bonds is 2. The van der Waals surface area contributed by atoms with E-state index in [9.17, 15) is 5.26 Å². The van der Waals surface area contributed by atoms with Gasteiger partial charge >= 0.3 is 0 Å². The van der Waals surface area contributed by atoms with Gasteiger partial charge in [0.2, 0.25) is 0 Å². The smallest absolute Gasteiger partial charge is 0.142 e. The summed E-state index contributed by atoms with van der Waals surface area (Å²) in [5, 5.41) is 9.99. The molecule has 2 N–H and O–H groups in total. The average molecular weight is 307 g/mol. The molecule has 3 aromatic rings. The summed E-state index contributed by atoms with van der Waals surface area (Å²) in [6.45, 7) is 0. The minimum absolute atomic E-state index is 0.190. The summed E-state index contributed by atoms with van der Waals surface area (Å²) in [7, 11) is 0. The van der Waals surface area contributed by atoms with Crippen LogP contribution < -0.4 is 5.73 Å². The van der Waals surface area contributed by atoms with Gasteiger partial charge in [0.05, 0.1) is 11.4 Å². The highest BCUT2D eigenvalue weighted by Crippen LogP contribution is 2.30. The number of hydrogen-bond acceptors (Lipinski definition) is 4. The van der Waals surface area contributed by atoms with Crippen molar-refractivity contribution < 1.29 is 0 Å². The number of nitriles is 1. The molecule has 3 rings (SSSR count). The minimum Gasteiger partial charge on any atom is -0.383 e. The molecule has 0 fully saturated rings. The number of aromatic nitrogens is 2. The Bertz CT molecular complexity index is 852. The van der Waals surface area contributed by atoms with E-state index in [2.05, 4.69) is 16.0 Å². The Morgan fingerprint density at radius 1 is 1.05 bits per heavy atom. The standard InChI is InChI=1S/C17H11ClN4/c18-12-6-4-11(5-7-12)16-9-13(14(10-19)17(20)22-16)15-3-1-2-8-21-15/h1-9H,(H2,20,22). The first-order valence-corrected chi connectivity index (χ1v) is 6.95. The first-order valence-electron chi connectivity index (χ1n) is 6.57. The second-order valence-corrected chi connectivity index (χ2v) is 5.09. The van der Waals surface area contributed by atoms with Crippen molar-refractivity contribution in [2.45, 2.75) is 0 Å². The van der Waals surface area contributed by atoms with Crippen LogP contribution in [0.5, 0.6) is 0 Å². The van der Waals surface area contributed by atoms with E-state index in [1.54, 1.807) is 18.3 Å². The summed E-state index contributed by atoms with van der Waals surface area (Å²) < 4.78 is 0. The van der Waals surface area contributed by atoms with Crippen molar-refractivity contribution in [2.24, 2.45) is 0 Å². The number of hydrogen-bond donors (Lipinski definition) is 1. The summed E-state index contributed by atoms with van der Waals surface area (Å²) in [5.74, 6) is 0.190. The van der Waals surface area contributed by atoms with Crippen LogP contribution in [0.3, 0.4) is 0 Å². The van der Waals surface area contributed by atoms with Crippen LogP contribution in [-0.4, -0.2) is 9.97 Å². The first-order chi connectivity index (χ1) is 10.7. The van der Waals surface area contributed by atoms with Gasteiger partial charge in [-0.1, -0.05) is 29.8 Å². The Kier molecular flexibility index (Phi) is 3.73. The Hall–Kier alpha value is -2.90. The van der Waals surface area contributed by atoms with Gasteiger partial charge in [-0.05, 0) is 30.3 Å². The highest BCUT2D eigenvalue weighted by atomic mass is 35.5. The van der Waals surface area contributed by atoms with Crippen LogP contribution in [0, 0.1) is 11.3 Å². The van der Waals surface area contributed by atoms with E-state index >= 15 is 0 Å². The Balaban J connectivity index is 2.21. The maximum Gasteiger partial charge on any atom is 0.142 e. The molecular formula is C17H11ClN4. The van der Waals surface area contributed by atoms with E-state index < -0.39 is 0 Å². The molecule has 22 heavy (non-hydrogen) atoms. The highest BCUT2D eigenvalue weighted by molar-refractivity contribution is 6.30. The van der Waals surface area contributed by atoms with Gasteiger partial charge in [0.1, 0.15) is 17.5 Å². The molecule has 0 unspecified atom stereocenters. The van der Waals surface area contributed by atoms with E-state index in [4.69, 9.17) is 17.3 Å². The molecule has 0 amide bonds. The number of anilines is 1. The molecule has 0 saturated carbocycles. The van der Waals surface area contributed by atoms with E-state index in [1.165, 1.54) is 0 Å². The van der Waals surface area contributed by atoms with Crippen LogP contribution in [0.4, 0.5) is 5.82 Å². The predicted molar refractivity (Wildman–Crippen MR) is 87.0 cm³/mol. The maximum atomic E-state index is 9.34. The number of nitrogens with zero attached hydrogens (tertiary/aromatic N) is 3. The van der Waals surface area contributed by atoms with Gasteiger partial charge in [-0.15, -0.1) is 0 Å². The van der Waals surface area contributed by atoms with Gasteiger partial charge in [0.25, 0.3) is 0 Å². The lowest BCUT2D eigenvalue weighted by atomic mass is 10.0. The molecule has 0 bridgehead atoms. The molecule has 0 aliphatic heterocycles. The molecule has 2 heterocycles. The molecule has 0 saturated heterocycles. The van der Waals surface area contributed by atoms with E-state index in [-0.39, 0.29) is 5.82 Å². The summed E-state index contributed by atoms with van der Waals surface area (Å²) in [6, 6.07) is 16.7. The third-order valence-electron chi connectivity index (χ3n) is 3.24. The SMILES string of the molecule is N#Cc1c(-c2ccccn2)cc(-c2ccc(Cl)cc2)nc1N. The summed E-state index contributed by atoms with van der Waals surface area (Å²) >= 11 is 5.91. The number of pyridine rings is 2. The minimum atomic E-state index is 0.190. The molecule has 4 nitrogen and oxygen atoms in total. The fraction of sp³-hybridized carbons (Fsp3) is 0. The molecule has 0 radical (unpaired) electrons. The van der Waals surface area contributed by atoms with Crippen LogP contribution in [0.25, 0.3) is 22.5 Å². The van der Waals surface area contributed by atoms with Crippen LogP contribution >= 0.6 is 11.6 Å². The fourth-order valence-electron chi connectivity index (χ4n) is 2.17. The number of nitrogens with two attached hydrogens (primary N) is 1. The Morgan fingerprint density at radius 3 is 2.45 bits per heavy atom. The molecular weight excluding hydrogens is 296 g/mol. The zero-order valence-corrected chi connectivity index (χ0v) is 12.2. The molecule has 5 heteroatoms. The van der Waals surface area contributed by atoms with Gasteiger partial charge in [0, 0.05) is 22.3 Å². The van der Waals surface area contributed by atoms with Crippen molar-refractivity contribution in [1.82, 2.24) is 9.97 Å². The highest BCUT2D eigenvalue weighted by Gasteiger charge is 2.14. The predicted octanol–water partition coefficient (Wildman–Crippen LogP) is 3.92. The van der Waals surface area contributed by atoms with Crippen molar-refractivity contribution in [1.29, 1.82) is 5.26 Å². The second-order valence-electron chi connectivity index (χ2n) is 4.65. The molecule has 2 aromatic heterocycles. The molecule has 0 spiro atoms. The van der Waals surface area contributed by atoms with Crippen molar-refractivity contribution in [3.8, 4) is 28.6 Å². The second kappa shape index (κ2) is 5.84. The third kappa shape index (κ3) is 2.62. The number of nitrogen functional groups attached to an aromatic ring is 1. The molecule has 106 valence electrons. The largest absolute Gasteiger partial charge is 0.383 e. The van der Waals surface area contributed by atoms with Crippen LogP contribution in [0.15, 0.2) is 54.7 Å². The van der Waals surface area contributed by atoms with Crippen molar-refractivity contribution in [3.63, 3.8) is 0 Å². The van der Waals surface area contributed by atoms with Crippen LogP contribution in [0.1, 0.15) is 5.56 Å². The molecule has 1 aromatic carbocycles. The number of halogens is 1. The first kappa shape index (κ1) is 14.1. The van der Waals surface area contributed by atoms with E-state index in [1.807, 2.05) is 36.4 Å². The van der Waals surface area contributed by atoms with Crippen molar-refractivity contribution in [3.05, 3.63) is 65.3 Å². The Labute approximate surface area is 132 Å². The zero-order valence-electron chi connectivity index (χ0n) is 11.5. The molecule has 0 atom stereocenters. The van der Waals surface area contributed by atoms with E-state index in [0.29, 0.717) is 27.5 Å². The van der Waals surface area contributed by atoms with Crippen LogP contribution in [-0.2, 0) is 0 Å². The lowest BCUT2D eigenvalue weighted by molar-refractivity contribution is 1.27. The third-order valence-corrected chi connectivity index (χ3v) is 3.49. The molecule has 0 aliphatic rings. The summed E-state index contributed by atoms with van der Waals surface area (Å²) in [5.41, 5.74) is 9.18. The van der Waals surface area contributed by atoms with Gasteiger partial charge in [0.15, 0.2) is 0 Å². The van der Waals surface area contributed by atoms with Crippen molar-refractivity contribution >= 4 is 17.4 Å².